The molecule has 3 fully saturated rings. The summed E-state index contributed by atoms with van der Waals surface area (Å²) in [6, 6.07) is 7.60. The number of hydrogen-bond donors (Lipinski definition) is 0. The smallest absolute Gasteiger partial charge is 0.253 e. The van der Waals surface area contributed by atoms with Gasteiger partial charge in [-0.05, 0) is 63.1 Å². The van der Waals surface area contributed by atoms with Crippen LogP contribution in [-0.2, 0) is 4.79 Å². The lowest BCUT2D eigenvalue weighted by Gasteiger charge is -2.35. The number of benzene rings is 1. The zero-order valence-electron chi connectivity index (χ0n) is 18.2. The van der Waals surface area contributed by atoms with Crippen molar-refractivity contribution in [2.75, 3.05) is 32.8 Å². The molecule has 2 heterocycles. The minimum Gasteiger partial charge on any atom is -0.493 e. The second-order valence-corrected chi connectivity index (χ2v) is 9.32. The number of hydrogen-bond acceptors (Lipinski definition) is 3. The van der Waals surface area contributed by atoms with Crippen molar-refractivity contribution in [3.8, 4) is 5.75 Å². The first-order valence-corrected chi connectivity index (χ1v) is 12.0. The fourth-order valence-corrected chi connectivity index (χ4v) is 5.22. The van der Waals surface area contributed by atoms with Gasteiger partial charge in [0.05, 0.1) is 6.61 Å². The Hall–Kier alpha value is -2.04. The van der Waals surface area contributed by atoms with Crippen LogP contribution < -0.4 is 4.74 Å². The molecule has 2 saturated heterocycles. The fourth-order valence-electron chi connectivity index (χ4n) is 5.22. The number of amides is 2. The monoisotopic (exact) mass is 412 g/mol. The molecule has 0 bridgehead atoms. The maximum Gasteiger partial charge on any atom is 0.253 e. The maximum atomic E-state index is 12.9. The Labute approximate surface area is 180 Å². The van der Waals surface area contributed by atoms with E-state index < -0.39 is 0 Å². The van der Waals surface area contributed by atoms with Crippen molar-refractivity contribution in [2.24, 2.45) is 11.8 Å². The molecule has 1 aliphatic carbocycles. The van der Waals surface area contributed by atoms with Crippen LogP contribution >= 0.6 is 0 Å². The Bertz CT molecular complexity index is 723. The largest absolute Gasteiger partial charge is 0.493 e. The van der Waals surface area contributed by atoms with E-state index in [4.69, 9.17) is 4.74 Å². The maximum absolute atomic E-state index is 12.9. The molecule has 0 spiro atoms. The van der Waals surface area contributed by atoms with Gasteiger partial charge in [-0.2, -0.15) is 0 Å². The molecule has 2 amide bonds. The van der Waals surface area contributed by atoms with Crippen LogP contribution in [0.25, 0.3) is 0 Å². The van der Waals surface area contributed by atoms with E-state index in [-0.39, 0.29) is 11.8 Å². The average Bonchev–Trinajstić information content (AvgIpc) is 2.83. The SMILES string of the molecule is O=C(c1cccc(OC[C@@H]2CCCN(C(=O)C3CCCCC3)C2)c1)N1CCCCC1. The first-order chi connectivity index (χ1) is 14.7. The highest BCUT2D eigenvalue weighted by Gasteiger charge is 2.30. The molecular weight excluding hydrogens is 376 g/mol. The second-order valence-electron chi connectivity index (χ2n) is 9.32. The highest BCUT2D eigenvalue weighted by molar-refractivity contribution is 5.94. The molecule has 4 rings (SSSR count). The lowest BCUT2D eigenvalue weighted by atomic mass is 9.87. The van der Waals surface area contributed by atoms with Crippen molar-refractivity contribution in [3.05, 3.63) is 29.8 Å². The van der Waals surface area contributed by atoms with Gasteiger partial charge in [0.25, 0.3) is 5.91 Å². The lowest BCUT2D eigenvalue weighted by molar-refractivity contribution is -0.138. The predicted octanol–water partition coefficient (Wildman–Crippen LogP) is 4.51. The van der Waals surface area contributed by atoms with Crippen LogP contribution in [0.2, 0.25) is 0 Å². The molecule has 3 aliphatic rings. The Morgan fingerprint density at radius 2 is 1.60 bits per heavy atom. The van der Waals surface area contributed by atoms with Crippen LogP contribution in [0.4, 0.5) is 0 Å². The topological polar surface area (TPSA) is 49.9 Å². The zero-order chi connectivity index (χ0) is 20.8. The molecule has 1 atom stereocenters. The Morgan fingerprint density at radius 1 is 0.867 bits per heavy atom. The standard InChI is InChI=1S/C25H36N2O3/c28-24(21-10-3-1-4-11-21)27-16-8-9-20(18-27)19-30-23-13-7-12-22(17-23)25(29)26-14-5-2-6-15-26/h7,12-13,17,20-21H,1-6,8-11,14-16,18-19H2/t20-/m1/s1. The van der Waals surface area contributed by atoms with Gasteiger partial charge >= 0.3 is 0 Å². The molecule has 164 valence electrons. The lowest BCUT2D eigenvalue weighted by Crippen LogP contribution is -2.44. The second kappa shape index (κ2) is 10.3. The molecular formula is C25H36N2O3. The summed E-state index contributed by atoms with van der Waals surface area (Å²) in [6.45, 7) is 4.02. The Morgan fingerprint density at radius 3 is 2.40 bits per heavy atom. The first-order valence-electron chi connectivity index (χ1n) is 12.0. The number of nitrogens with zero attached hydrogens (tertiary/aromatic N) is 2. The number of ether oxygens (including phenoxy) is 1. The van der Waals surface area contributed by atoms with Crippen LogP contribution in [0.1, 0.15) is 74.6 Å². The highest BCUT2D eigenvalue weighted by Crippen LogP contribution is 2.28. The summed E-state index contributed by atoms with van der Waals surface area (Å²) in [6.07, 6.45) is 11.4. The van der Waals surface area contributed by atoms with E-state index in [0.717, 1.165) is 70.5 Å². The van der Waals surface area contributed by atoms with Gasteiger partial charge in [-0.1, -0.05) is 25.3 Å². The van der Waals surface area contributed by atoms with Crippen LogP contribution in [0.15, 0.2) is 24.3 Å². The van der Waals surface area contributed by atoms with Gasteiger partial charge in [-0.15, -0.1) is 0 Å². The molecule has 0 radical (unpaired) electrons. The van der Waals surface area contributed by atoms with E-state index in [1.165, 1.54) is 25.7 Å². The molecule has 1 aromatic carbocycles. The van der Waals surface area contributed by atoms with E-state index in [1.54, 1.807) is 0 Å². The summed E-state index contributed by atoms with van der Waals surface area (Å²) < 4.78 is 6.09. The molecule has 5 heteroatoms. The van der Waals surface area contributed by atoms with Crippen LogP contribution in [0.3, 0.4) is 0 Å². The van der Waals surface area contributed by atoms with Gasteiger partial charge < -0.3 is 14.5 Å². The normalized spacial score (nSPS) is 23.3. The molecule has 5 nitrogen and oxygen atoms in total. The van der Waals surface area contributed by atoms with Gasteiger partial charge in [0.2, 0.25) is 5.91 Å². The summed E-state index contributed by atoms with van der Waals surface area (Å²) in [4.78, 5) is 29.7. The average molecular weight is 413 g/mol. The molecule has 0 unspecified atom stereocenters. The van der Waals surface area contributed by atoms with Crippen molar-refractivity contribution in [1.29, 1.82) is 0 Å². The van der Waals surface area contributed by atoms with Crippen LogP contribution in [0.5, 0.6) is 5.75 Å². The summed E-state index contributed by atoms with van der Waals surface area (Å²) in [7, 11) is 0. The van der Waals surface area contributed by atoms with Gasteiger partial charge in [0.15, 0.2) is 0 Å². The van der Waals surface area contributed by atoms with Crippen molar-refractivity contribution in [3.63, 3.8) is 0 Å². The Kier molecular flexibility index (Phi) is 7.29. The van der Waals surface area contributed by atoms with E-state index >= 15 is 0 Å². The van der Waals surface area contributed by atoms with Crippen molar-refractivity contribution in [2.45, 2.75) is 64.2 Å². The van der Waals surface area contributed by atoms with E-state index in [9.17, 15) is 9.59 Å². The van der Waals surface area contributed by atoms with Crippen molar-refractivity contribution < 1.29 is 14.3 Å². The number of piperidine rings is 2. The zero-order valence-corrected chi connectivity index (χ0v) is 18.2. The molecule has 30 heavy (non-hydrogen) atoms. The number of carbonyl (C=O) groups is 2. The molecule has 1 aromatic rings. The first kappa shape index (κ1) is 21.2. The summed E-state index contributed by atoms with van der Waals surface area (Å²) >= 11 is 0. The molecule has 0 N–H and O–H groups in total. The van der Waals surface area contributed by atoms with Crippen LogP contribution in [0, 0.1) is 11.8 Å². The predicted molar refractivity (Wildman–Crippen MR) is 118 cm³/mol. The van der Waals surface area contributed by atoms with Gasteiger partial charge in [0, 0.05) is 43.6 Å². The molecule has 2 aliphatic heterocycles. The summed E-state index contributed by atoms with van der Waals surface area (Å²) in [5.74, 6) is 1.85. The van der Waals surface area contributed by atoms with Gasteiger partial charge in [0.1, 0.15) is 5.75 Å². The number of rotatable bonds is 5. The number of carbonyl (C=O) groups excluding carboxylic acids is 2. The quantitative estimate of drug-likeness (QED) is 0.715. The highest BCUT2D eigenvalue weighted by atomic mass is 16.5. The molecule has 1 saturated carbocycles. The van der Waals surface area contributed by atoms with Crippen molar-refractivity contribution >= 4 is 11.8 Å². The third-order valence-electron chi connectivity index (χ3n) is 7.00. The summed E-state index contributed by atoms with van der Waals surface area (Å²) in [5, 5.41) is 0. The molecule has 0 aromatic heterocycles. The number of likely N-dealkylation sites (tertiary alicyclic amines) is 2. The summed E-state index contributed by atoms with van der Waals surface area (Å²) in [5.41, 5.74) is 0.715. The minimum atomic E-state index is 0.113. The van der Waals surface area contributed by atoms with Gasteiger partial charge in [-0.3, -0.25) is 9.59 Å². The van der Waals surface area contributed by atoms with E-state index in [0.29, 0.717) is 24.0 Å². The fraction of sp³-hybridized carbons (Fsp3) is 0.680. The third kappa shape index (κ3) is 5.35. The van der Waals surface area contributed by atoms with Gasteiger partial charge in [-0.25, -0.2) is 0 Å². The van der Waals surface area contributed by atoms with E-state index in [1.807, 2.05) is 29.2 Å². The van der Waals surface area contributed by atoms with Crippen molar-refractivity contribution in [1.82, 2.24) is 9.80 Å². The Balaban J connectivity index is 1.29. The van der Waals surface area contributed by atoms with Crippen LogP contribution in [-0.4, -0.2) is 54.4 Å². The third-order valence-corrected chi connectivity index (χ3v) is 7.00. The minimum absolute atomic E-state index is 0.113. The van der Waals surface area contributed by atoms with E-state index in [2.05, 4.69) is 4.90 Å².